The fourth-order valence-corrected chi connectivity index (χ4v) is 1.19. The highest BCUT2D eigenvalue weighted by atomic mass is 16.2. The van der Waals surface area contributed by atoms with Crippen LogP contribution in [0, 0.1) is 6.92 Å². The third-order valence-electron chi connectivity index (χ3n) is 1.96. The molecule has 0 N–H and O–H groups in total. The van der Waals surface area contributed by atoms with Crippen molar-refractivity contribution >= 4 is 12.2 Å². The van der Waals surface area contributed by atoms with Gasteiger partial charge in [0.25, 0.3) is 5.91 Å². The Hall–Kier alpha value is -1.64. The molecule has 74 valence electrons. The highest BCUT2D eigenvalue weighted by Crippen LogP contribution is 2.06. The van der Waals surface area contributed by atoms with Crippen LogP contribution in [-0.4, -0.2) is 30.7 Å². The first-order valence-corrected chi connectivity index (χ1v) is 4.41. The predicted molar refractivity (Wildman–Crippen MR) is 54.2 cm³/mol. The van der Waals surface area contributed by atoms with Gasteiger partial charge in [-0.2, -0.15) is 0 Å². The number of carbonyl (C=O) groups excluding carboxylic acids is 2. The number of hydrogen-bond donors (Lipinski definition) is 0. The Morgan fingerprint density at radius 2 is 2.21 bits per heavy atom. The number of likely N-dealkylation sites (N-methyl/N-ethyl adjacent to an activating group) is 1. The van der Waals surface area contributed by atoms with E-state index in [4.69, 9.17) is 0 Å². The van der Waals surface area contributed by atoms with Crippen molar-refractivity contribution in [2.24, 2.45) is 0 Å². The zero-order valence-corrected chi connectivity index (χ0v) is 8.36. The fraction of sp³-hybridized carbons (Fsp3) is 0.273. The first-order valence-electron chi connectivity index (χ1n) is 4.41. The molecule has 0 unspecified atom stereocenters. The molecule has 0 aliphatic heterocycles. The van der Waals surface area contributed by atoms with E-state index in [1.165, 1.54) is 4.90 Å². The molecule has 1 aromatic carbocycles. The van der Waals surface area contributed by atoms with Gasteiger partial charge < -0.3 is 9.69 Å². The molecule has 0 fully saturated rings. The number of carbonyl (C=O) groups is 2. The molecule has 1 aromatic rings. The zero-order chi connectivity index (χ0) is 10.6. The molecule has 0 bridgehead atoms. The van der Waals surface area contributed by atoms with Gasteiger partial charge in [-0.25, -0.2) is 0 Å². The van der Waals surface area contributed by atoms with Crippen LogP contribution in [0.2, 0.25) is 0 Å². The van der Waals surface area contributed by atoms with Crippen LogP contribution in [-0.2, 0) is 4.79 Å². The van der Waals surface area contributed by atoms with Crippen molar-refractivity contribution < 1.29 is 9.59 Å². The summed E-state index contributed by atoms with van der Waals surface area (Å²) in [5.74, 6) is -0.124. The average molecular weight is 191 g/mol. The van der Waals surface area contributed by atoms with Crippen LogP contribution < -0.4 is 0 Å². The van der Waals surface area contributed by atoms with E-state index in [9.17, 15) is 9.59 Å². The summed E-state index contributed by atoms with van der Waals surface area (Å²) in [6.07, 6.45) is 0.716. The van der Waals surface area contributed by atoms with Crippen molar-refractivity contribution in [3.8, 4) is 0 Å². The van der Waals surface area contributed by atoms with Crippen LogP contribution in [0.5, 0.6) is 0 Å². The second kappa shape index (κ2) is 4.56. The van der Waals surface area contributed by atoms with Crippen LogP contribution in [0.4, 0.5) is 0 Å². The molecule has 14 heavy (non-hydrogen) atoms. The highest BCUT2D eigenvalue weighted by Gasteiger charge is 2.10. The Morgan fingerprint density at radius 1 is 1.50 bits per heavy atom. The van der Waals surface area contributed by atoms with E-state index < -0.39 is 0 Å². The lowest BCUT2D eigenvalue weighted by atomic mass is 10.1. The molecule has 3 nitrogen and oxygen atoms in total. The van der Waals surface area contributed by atoms with E-state index >= 15 is 0 Å². The summed E-state index contributed by atoms with van der Waals surface area (Å²) in [6, 6.07) is 7.31. The molecule has 0 aliphatic rings. The lowest BCUT2D eigenvalue weighted by Gasteiger charge is -2.13. The van der Waals surface area contributed by atoms with Gasteiger partial charge in [-0.1, -0.05) is 17.7 Å². The molecule has 3 heteroatoms. The third kappa shape index (κ3) is 2.42. The van der Waals surface area contributed by atoms with Crippen LogP contribution in [0.3, 0.4) is 0 Å². The molecule has 0 radical (unpaired) electrons. The van der Waals surface area contributed by atoms with Crippen LogP contribution >= 0.6 is 0 Å². The summed E-state index contributed by atoms with van der Waals surface area (Å²) >= 11 is 0. The molecular formula is C11H13NO2. The maximum atomic E-state index is 11.7. The molecule has 1 amide bonds. The molecule has 0 heterocycles. The summed E-state index contributed by atoms with van der Waals surface area (Å²) in [6.45, 7) is 2.06. The third-order valence-corrected chi connectivity index (χ3v) is 1.96. The minimum Gasteiger partial charge on any atom is -0.335 e. The maximum absolute atomic E-state index is 11.7. The molecule has 0 saturated heterocycles. The van der Waals surface area contributed by atoms with Gasteiger partial charge >= 0.3 is 0 Å². The van der Waals surface area contributed by atoms with E-state index in [2.05, 4.69) is 0 Å². The van der Waals surface area contributed by atoms with Crippen molar-refractivity contribution in [1.29, 1.82) is 0 Å². The van der Waals surface area contributed by atoms with Gasteiger partial charge in [0, 0.05) is 12.6 Å². The van der Waals surface area contributed by atoms with E-state index in [1.807, 2.05) is 25.1 Å². The molecule has 0 atom stereocenters. The van der Waals surface area contributed by atoms with Crippen molar-refractivity contribution in [2.75, 3.05) is 13.6 Å². The largest absolute Gasteiger partial charge is 0.335 e. The van der Waals surface area contributed by atoms with E-state index in [0.29, 0.717) is 11.8 Å². The quantitative estimate of drug-likeness (QED) is 0.674. The van der Waals surface area contributed by atoms with Gasteiger partial charge in [-0.05, 0) is 19.1 Å². The topological polar surface area (TPSA) is 37.4 Å². The lowest BCUT2D eigenvalue weighted by molar-refractivity contribution is -0.108. The van der Waals surface area contributed by atoms with Crippen molar-refractivity contribution in [3.05, 3.63) is 35.4 Å². The number of aryl methyl sites for hydroxylation is 1. The van der Waals surface area contributed by atoms with E-state index in [0.717, 1.165) is 5.56 Å². The van der Waals surface area contributed by atoms with Gasteiger partial charge in [0.05, 0.1) is 6.54 Å². The number of rotatable bonds is 3. The van der Waals surface area contributed by atoms with Crippen molar-refractivity contribution in [3.63, 3.8) is 0 Å². The normalized spacial score (nSPS) is 9.57. The summed E-state index contributed by atoms with van der Waals surface area (Å²) in [7, 11) is 1.61. The molecule has 0 aromatic heterocycles. The van der Waals surface area contributed by atoms with E-state index in [-0.39, 0.29) is 12.5 Å². The number of hydrogen-bond acceptors (Lipinski definition) is 2. The van der Waals surface area contributed by atoms with Crippen LogP contribution in [0.1, 0.15) is 15.9 Å². The van der Waals surface area contributed by atoms with Crippen molar-refractivity contribution in [1.82, 2.24) is 4.90 Å². The van der Waals surface area contributed by atoms with Gasteiger partial charge in [0.2, 0.25) is 0 Å². The Balaban J connectivity index is 2.83. The minimum absolute atomic E-state index is 0.124. The number of benzene rings is 1. The first kappa shape index (κ1) is 10.4. The standard InChI is InChI=1S/C11H13NO2/c1-9-4-3-5-10(8-9)11(14)12(2)6-7-13/h3-5,7-8H,6H2,1-2H3. The number of aldehydes is 1. The van der Waals surface area contributed by atoms with Crippen LogP contribution in [0.15, 0.2) is 24.3 Å². The smallest absolute Gasteiger partial charge is 0.253 e. The average Bonchev–Trinajstić information content (AvgIpc) is 2.17. The highest BCUT2D eigenvalue weighted by molar-refractivity contribution is 5.95. The minimum atomic E-state index is -0.124. The number of nitrogens with zero attached hydrogens (tertiary/aromatic N) is 1. The van der Waals surface area contributed by atoms with Crippen molar-refractivity contribution in [2.45, 2.75) is 6.92 Å². The predicted octanol–water partition coefficient (Wildman–Crippen LogP) is 1.27. The van der Waals surface area contributed by atoms with Gasteiger partial charge in [-0.3, -0.25) is 4.79 Å². The Kier molecular flexibility index (Phi) is 3.40. The SMILES string of the molecule is Cc1cccc(C(=O)N(C)CC=O)c1. The molecular weight excluding hydrogens is 178 g/mol. The zero-order valence-electron chi connectivity index (χ0n) is 8.36. The van der Waals surface area contributed by atoms with Crippen LogP contribution in [0.25, 0.3) is 0 Å². The summed E-state index contributed by atoms with van der Waals surface area (Å²) in [5.41, 5.74) is 1.66. The second-order valence-corrected chi connectivity index (χ2v) is 3.22. The molecule has 0 saturated carbocycles. The Morgan fingerprint density at radius 3 is 2.79 bits per heavy atom. The fourth-order valence-electron chi connectivity index (χ4n) is 1.19. The molecule has 0 spiro atoms. The second-order valence-electron chi connectivity index (χ2n) is 3.22. The Labute approximate surface area is 83.3 Å². The monoisotopic (exact) mass is 191 g/mol. The summed E-state index contributed by atoms with van der Waals surface area (Å²) in [4.78, 5) is 23.3. The summed E-state index contributed by atoms with van der Waals surface area (Å²) in [5, 5.41) is 0. The van der Waals surface area contributed by atoms with Gasteiger partial charge in [-0.15, -0.1) is 0 Å². The van der Waals surface area contributed by atoms with Gasteiger partial charge in [0.15, 0.2) is 0 Å². The summed E-state index contributed by atoms with van der Waals surface area (Å²) < 4.78 is 0. The maximum Gasteiger partial charge on any atom is 0.253 e. The van der Waals surface area contributed by atoms with Gasteiger partial charge in [0.1, 0.15) is 6.29 Å². The first-order chi connectivity index (χ1) is 6.65. The molecule has 1 rings (SSSR count). The van der Waals surface area contributed by atoms with E-state index in [1.54, 1.807) is 13.1 Å². The number of amides is 1. The molecule has 0 aliphatic carbocycles. The Bertz CT molecular complexity index is 347. The lowest BCUT2D eigenvalue weighted by Crippen LogP contribution is -2.28.